The lowest BCUT2D eigenvalue weighted by atomic mass is 9.90. The van der Waals surface area contributed by atoms with Gasteiger partial charge in [0, 0.05) is 17.3 Å². The Morgan fingerprint density at radius 2 is 1.58 bits per heavy atom. The Kier molecular flexibility index (Phi) is 1.82. The van der Waals surface area contributed by atoms with Gasteiger partial charge in [-0.3, -0.25) is 14.0 Å². The molecule has 0 amide bonds. The van der Waals surface area contributed by atoms with Crippen LogP contribution in [-0.4, -0.2) is 21.0 Å². The Morgan fingerprint density at radius 3 is 2.42 bits per heavy atom. The van der Waals surface area contributed by atoms with Crippen LogP contribution in [0.4, 0.5) is 0 Å². The van der Waals surface area contributed by atoms with Gasteiger partial charge in [-0.25, -0.2) is 4.98 Å². The molecule has 0 fully saturated rings. The Hall–Kier alpha value is -2.75. The molecule has 0 aliphatic heterocycles. The number of carbonyl (C=O) groups is 2. The van der Waals surface area contributed by atoms with E-state index in [4.69, 9.17) is 0 Å². The van der Waals surface area contributed by atoms with Gasteiger partial charge in [0.2, 0.25) is 5.78 Å². The molecule has 2 aromatic heterocycles. The molecule has 0 spiro atoms. The third-order valence-electron chi connectivity index (χ3n) is 3.38. The second kappa shape index (κ2) is 3.38. The number of pyridine rings is 1. The molecule has 0 unspecified atom stereocenters. The van der Waals surface area contributed by atoms with Crippen LogP contribution in [0.3, 0.4) is 0 Å². The van der Waals surface area contributed by atoms with Crippen molar-refractivity contribution < 1.29 is 9.59 Å². The highest BCUT2D eigenvalue weighted by Crippen LogP contribution is 2.33. The van der Waals surface area contributed by atoms with Gasteiger partial charge in [-0.05, 0) is 12.1 Å². The van der Waals surface area contributed by atoms with Crippen LogP contribution in [0, 0.1) is 0 Å². The summed E-state index contributed by atoms with van der Waals surface area (Å²) in [4.78, 5) is 28.8. The van der Waals surface area contributed by atoms with Crippen molar-refractivity contribution in [3.05, 3.63) is 59.9 Å². The molecule has 0 radical (unpaired) electrons. The molecule has 1 aromatic carbocycles. The number of rotatable bonds is 0. The zero-order chi connectivity index (χ0) is 13.0. The molecule has 2 heterocycles. The van der Waals surface area contributed by atoms with Crippen molar-refractivity contribution in [3.63, 3.8) is 0 Å². The van der Waals surface area contributed by atoms with Crippen LogP contribution < -0.4 is 0 Å². The number of ketones is 2. The maximum atomic E-state index is 12.2. The highest BCUT2D eigenvalue weighted by atomic mass is 16.2. The van der Waals surface area contributed by atoms with E-state index in [1.54, 1.807) is 22.7 Å². The third-order valence-corrected chi connectivity index (χ3v) is 3.38. The maximum Gasteiger partial charge on any atom is 0.252 e. The number of nitrogens with zero attached hydrogens (tertiary/aromatic N) is 2. The summed E-state index contributed by atoms with van der Waals surface area (Å²) in [5, 5.41) is 0. The molecular formula is C15H8N2O2. The molecule has 4 heteroatoms. The number of benzene rings is 1. The molecule has 0 saturated carbocycles. The molecule has 90 valence electrons. The van der Waals surface area contributed by atoms with E-state index in [9.17, 15) is 9.59 Å². The lowest BCUT2D eigenvalue weighted by Crippen LogP contribution is -2.22. The van der Waals surface area contributed by atoms with Crippen molar-refractivity contribution in [2.24, 2.45) is 0 Å². The zero-order valence-corrected chi connectivity index (χ0v) is 9.83. The fourth-order valence-corrected chi connectivity index (χ4v) is 2.52. The fourth-order valence-electron chi connectivity index (χ4n) is 2.52. The van der Waals surface area contributed by atoms with Crippen LogP contribution in [0.1, 0.15) is 20.8 Å². The Morgan fingerprint density at radius 1 is 0.842 bits per heavy atom. The largest absolute Gasteiger partial charge is 0.296 e. The third kappa shape index (κ3) is 1.20. The number of fused-ring (bicyclic) bond motifs is 5. The molecule has 0 saturated heterocycles. The van der Waals surface area contributed by atoms with E-state index in [1.807, 2.05) is 30.3 Å². The number of carbonyl (C=O) groups excluding carboxylic acids is 2. The summed E-state index contributed by atoms with van der Waals surface area (Å²) in [6.07, 6.45) is 1.75. The number of aromatic nitrogens is 2. The lowest BCUT2D eigenvalue weighted by Gasteiger charge is -2.13. The van der Waals surface area contributed by atoms with E-state index in [2.05, 4.69) is 4.98 Å². The summed E-state index contributed by atoms with van der Waals surface area (Å²) in [6.45, 7) is 0. The van der Waals surface area contributed by atoms with E-state index in [0.29, 0.717) is 22.6 Å². The zero-order valence-electron chi connectivity index (χ0n) is 9.83. The van der Waals surface area contributed by atoms with Crippen molar-refractivity contribution in [3.8, 4) is 11.3 Å². The summed E-state index contributed by atoms with van der Waals surface area (Å²) >= 11 is 0. The minimum absolute atomic E-state index is 0.360. The number of hydrogen-bond donors (Lipinski definition) is 0. The standard InChI is InChI=1S/C15H8N2O2/c18-14-10-6-2-1-5-9(10)12-13(15(14)19)17-8-4-3-7-11(17)16-12/h1-8H. The first-order valence-electron chi connectivity index (χ1n) is 5.93. The predicted molar refractivity (Wildman–Crippen MR) is 69.3 cm³/mol. The van der Waals surface area contributed by atoms with Gasteiger partial charge < -0.3 is 0 Å². The first-order chi connectivity index (χ1) is 9.27. The van der Waals surface area contributed by atoms with Gasteiger partial charge >= 0.3 is 0 Å². The summed E-state index contributed by atoms with van der Waals surface area (Å²) in [7, 11) is 0. The van der Waals surface area contributed by atoms with Gasteiger partial charge in [0.1, 0.15) is 17.0 Å². The summed E-state index contributed by atoms with van der Waals surface area (Å²) in [5.41, 5.74) is 2.78. The first kappa shape index (κ1) is 10.2. The van der Waals surface area contributed by atoms with Crippen LogP contribution in [0.5, 0.6) is 0 Å². The van der Waals surface area contributed by atoms with Gasteiger partial charge in [0.15, 0.2) is 0 Å². The Balaban J connectivity index is 2.20. The molecule has 0 atom stereocenters. The fraction of sp³-hybridized carbons (Fsp3) is 0. The lowest BCUT2D eigenvalue weighted by molar-refractivity contribution is 0.0812. The highest BCUT2D eigenvalue weighted by molar-refractivity contribution is 6.52. The predicted octanol–water partition coefficient (Wildman–Crippen LogP) is 2.38. The second-order valence-electron chi connectivity index (χ2n) is 4.44. The second-order valence-corrected chi connectivity index (χ2v) is 4.44. The summed E-state index contributed by atoms with van der Waals surface area (Å²) in [6, 6.07) is 12.6. The van der Waals surface area contributed by atoms with Crippen LogP contribution in [-0.2, 0) is 0 Å². The van der Waals surface area contributed by atoms with Crippen LogP contribution in [0.2, 0.25) is 0 Å². The van der Waals surface area contributed by atoms with Crippen molar-refractivity contribution in [2.75, 3.05) is 0 Å². The van der Waals surface area contributed by atoms with Crippen molar-refractivity contribution in [1.82, 2.24) is 9.38 Å². The monoisotopic (exact) mass is 248 g/mol. The molecular weight excluding hydrogens is 240 g/mol. The van der Waals surface area contributed by atoms with Crippen molar-refractivity contribution in [2.45, 2.75) is 0 Å². The Labute approximate surface area is 108 Å². The van der Waals surface area contributed by atoms with Gasteiger partial charge in [-0.15, -0.1) is 0 Å². The molecule has 19 heavy (non-hydrogen) atoms. The number of imidazole rings is 1. The topological polar surface area (TPSA) is 51.4 Å². The smallest absolute Gasteiger partial charge is 0.252 e. The SMILES string of the molecule is O=C1C(=O)c2c(nc3ccccn23)-c2ccccc21. The highest BCUT2D eigenvalue weighted by Gasteiger charge is 2.34. The maximum absolute atomic E-state index is 12.2. The number of Topliss-reactive ketones (excluding diaryl/α,β-unsaturated/α-hetero) is 2. The Bertz CT molecular complexity index is 861. The van der Waals surface area contributed by atoms with Crippen molar-refractivity contribution >= 4 is 17.2 Å². The van der Waals surface area contributed by atoms with E-state index >= 15 is 0 Å². The van der Waals surface area contributed by atoms with Gasteiger partial charge in [0.05, 0.1) is 0 Å². The van der Waals surface area contributed by atoms with Crippen LogP contribution >= 0.6 is 0 Å². The van der Waals surface area contributed by atoms with Crippen LogP contribution in [0.25, 0.3) is 16.9 Å². The van der Waals surface area contributed by atoms with E-state index in [1.165, 1.54) is 0 Å². The normalized spacial score (nSPS) is 13.5. The van der Waals surface area contributed by atoms with Gasteiger partial charge in [-0.2, -0.15) is 0 Å². The summed E-state index contributed by atoms with van der Waals surface area (Å²) in [5.74, 6) is -0.957. The van der Waals surface area contributed by atoms with E-state index < -0.39 is 11.6 Å². The molecule has 0 bridgehead atoms. The molecule has 4 rings (SSSR count). The molecule has 0 N–H and O–H groups in total. The minimum Gasteiger partial charge on any atom is -0.296 e. The molecule has 1 aliphatic rings. The van der Waals surface area contributed by atoms with Gasteiger partial charge in [0.25, 0.3) is 5.78 Å². The number of hydrogen-bond acceptors (Lipinski definition) is 3. The van der Waals surface area contributed by atoms with E-state index in [0.717, 1.165) is 5.56 Å². The van der Waals surface area contributed by atoms with E-state index in [-0.39, 0.29) is 0 Å². The molecule has 3 aromatic rings. The molecule has 1 aliphatic carbocycles. The average Bonchev–Trinajstić information content (AvgIpc) is 2.84. The average molecular weight is 248 g/mol. The first-order valence-corrected chi connectivity index (χ1v) is 5.93. The summed E-state index contributed by atoms with van der Waals surface area (Å²) < 4.78 is 1.67. The van der Waals surface area contributed by atoms with Crippen LogP contribution in [0.15, 0.2) is 48.7 Å². The van der Waals surface area contributed by atoms with Crippen molar-refractivity contribution in [1.29, 1.82) is 0 Å². The quantitative estimate of drug-likeness (QED) is 0.574. The minimum atomic E-state index is -0.493. The van der Waals surface area contributed by atoms with Gasteiger partial charge in [-0.1, -0.05) is 30.3 Å². The molecule has 4 nitrogen and oxygen atoms in total.